The van der Waals surface area contributed by atoms with Crippen molar-refractivity contribution in [3.63, 3.8) is 0 Å². The fourth-order valence-corrected chi connectivity index (χ4v) is 4.29. The number of allylic oxidation sites excluding steroid dienone is 3. The van der Waals surface area contributed by atoms with Crippen molar-refractivity contribution in [2.24, 2.45) is 11.8 Å². The van der Waals surface area contributed by atoms with Gasteiger partial charge in [0.15, 0.2) is 0 Å². The summed E-state index contributed by atoms with van der Waals surface area (Å²) in [4.78, 5) is 5.31. The molecule has 1 aromatic rings. The van der Waals surface area contributed by atoms with E-state index in [0.717, 1.165) is 26.2 Å². The van der Waals surface area contributed by atoms with E-state index in [1.807, 2.05) is 11.8 Å². The van der Waals surface area contributed by atoms with Crippen LogP contribution < -0.4 is 10.2 Å². The SMILES string of the molecule is CC1=CC(C)C(C)C=C1Sc1ccccc1N1CCNCC1. The Labute approximate surface area is 138 Å². The van der Waals surface area contributed by atoms with Crippen molar-refractivity contribution >= 4 is 17.4 Å². The van der Waals surface area contributed by atoms with Crippen LogP contribution in [0.3, 0.4) is 0 Å². The number of hydrogen-bond acceptors (Lipinski definition) is 3. The molecule has 1 saturated heterocycles. The molecule has 0 spiro atoms. The van der Waals surface area contributed by atoms with Gasteiger partial charge in [-0.05, 0) is 36.5 Å². The highest BCUT2D eigenvalue weighted by molar-refractivity contribution is 8.03. The first-order valence-electron chi connectivity index (χ1n) is 8.28. The highest BCUT2D eigenvalue weighted by Gasteiger charge is 2.19. The molecule has 3 rings (SSSR count). The summed E-state index contributed by atoms with van der Waals surface area (Å²) in [6.07, 6.45) is 4.86. The van der Waals surface area contributed by atoms with Gasteiger partial charge >= 0.3 is 0 Å². The van der Waals surface area contributed by atoms with Crippen LogP contribution in [0, 0.1) is 11.8 Å². The lowest BCUT2D eigenvalue weighted by Crippen LogP contribution is -2.43. The first-order chi connectivity index (χ1) is 10.6. The first kappa shape index (κ1) is 15.7. The maximum Gasteiger partial charge on any atom is 0.0508 e. The number of nitrogens with one attached hydrogen (secondary N) is 1. The number of nitrogens with zero attached hydrogens (tertiary/aromatic N) is 1. The molecule has 0 bridgehead atoms. The van der Waals surface area contributed by atoms with E-state index in [9.17, 15) is 0 Å². The Morgan fingerprint density at radius 3 is 2.50 bits per heavy atom. The molecule has 1 aromatic carbocycles. The number of rotatable bonds is 3. The summed E-state index contributed by atoms with van der Waals surface area (Å²) >= 11 is 1.93. The molecule has 2 aliphatic rings. The molecule has 1 N–H and O–H groups in total. The highest BCUT2D eigenvalue weighted by Crippen LogP contribution is 2.41. The molecule has 22 heavy (non-hydrogen) atoms. The molecule has 0 aromatic heterocycles. The Morgan fingerprint density at radius 1 is 1.05 bits per heavy atom. The average molecular weight is 314 g/mol. The van der Waals surface area contributed by atoms with Crippen molar-refractivity contribution < 1.29 is 0 Å². The van der Waals surface area contributed by atoms with Gasteiger partial charge in [0, 0.05) is 36.0 Å². The van der Waals surface area contributed by atoms with Crippen LogP contribution in [-0.2, 0) is 0 Å². The number of para-hydroxylation sites is 1. The molecule has 2 unspecified atom stereocenters. The van der Waals surface area contributed by atoms with Crippen LogP contribution in [0.15, 0.2) is 51.8 Å². The smallest absolute Gasteiger partial charge is 0.0508 e. The van der Waals surface area contributed by atoms with Gasteiger partial charge in [-0.2, -0.15) is 0 Å². The standard InChI is InChI=1S/C19H26N2S/c1-14-12-16(3)19(13-15(14)2)22-18-7-5-4-6-17(18)21-10-8-20-9-11-21/h4-7,12-15,20H,8-11H2,1-3H3. The number of piperazine rings is 1. The normalized spacial score (nSPS) is 25.7. The van der Waals surface area contributed by atoms with E-state index < -0.39 is 0 Å². The second-order valence-corrected chi connectivity index (χ2v) is 7.49. The molecule has 3 heteroatoms. The fourth-order valence-electron chi connectivity index (χ4n) is 3.09. The maximum absolute atomic E-state index is 3.43. The minimum atomic E-state index is 0.623. The topological polar surface area (TPSA) is 15.3 Å². The molecule has 0 amide bonds. The second kappa shape index (κ2) is 6.93. The quantitative estimate of drug-likeness (QED) is 0.895. The molecule has 1 fully saturated rings. The van der Waals surface area contributed by atoms with Crippen molar-refractivity contribution in [2.45, 2.75) is 25.7 Å². The Hall–Kier alpha value is -1.19. The third kappa shape index (κ3) is 3.41. The van der Waals surface area contributed by atoms with E-state index in [2.05, 4.69) is 67.4 Å². The predicted molar refractivity (Wildman–Crippen MR) is 97.5 cm³/mol. The minimum Gasteiger partial charge on any atom is -0.368 e. The summed E-state index contributed by atoms with van der Waals surface area (Å²) in [5, 5.41) is 3.43. The monoisotopic (exact) mass is 314 g/mol. The lowest BCUT2D eigenvalue weighted by atomic mass is 9.89. The Morgan fingerprint density at radius 2 is 1.73 bits per heavy atom. The largest absolute Gasteiger partial charge is 0.368 e. The van der Waals surface area contributed by atoms with E-state index in [0.29, 0.717) is 11.8 Å². The third-order valence-electron chi connectivity index (χ3n) is 4.69. The summed E-state index contributed by atoms with van der Waals surface area (Å²) in [5.74, 6) is 1.27. The van der Waals surface area contributed by atoms with Crippen molar-refractivity contribution in [2.75, 3.05) is 31.1 Å². The van der Waals surface area contributed by atoms with Gasteiger partial charge in [0.1, 0.15) is 0 Å². The Balaban J connectivity index is 1.83. The molecule has 0 saturated carbocycles. The summed E-state index contributed by atoms with van der Waals surface area (Å²) in [6.45, 7) is 11.2. The van der Waals surface area contributed by atoms with Gasteiger partial charge in [-0.15, -0.1) is 0 Å². The highest BCUT2D eigenvalue weighted by atomic mass is 32.2. The van der Waals surface area contributed by atoms with Gasteiger partial charge in [0.25, 0.3) is 0 Å². The van der Waals surface area contributed by atoms with Gasteiger partial charge in [-0.3, -0.25) is 0 Å². The van der Waals surface area contributed by atoms with Crippen molar-refractivity contribution in [3.05, 3.63) is 46.9 Å². The van der Waals surface area contributed by atoms with Gasteiger partial charge in [0.05, 0.1) is 5.69 Å². The van der Waals surface area contributed by atoms with Crippen LogP contribution in [0.5, 0.6) is 0 Å². The number of anilines is 1. The summed E-state index contributed by atoms with van der Waals surface area (Å²) < 4.78 is 0. The summed E-state index contributed by atoms with van der Waals surface area (Å²) in [6, 6.07) is 8.84. The average Bonchev–Trinajstić information content (AvgIpc) is 2.54. The van der Waals surface area contributed by atoms with Crippen LogP contribution in [0.25, 0.3) is 0 Å². The van der Waals surface area contributed by atoms with Gasteiger partial charge < -0.3 is 10.2 Å². The zero-order chi connectivity index (χ0) is 15.5. The molecule has 0 radical (unpaired) electrons. The van der Waals surface area contributed by atoms with E-state index in [4.69, 9.17) is 0 Å². The molecule has 1 aliphatic heterocycles. The van der Waals surface area contributed by atoms with Crippen LogP contribution in [-0.4, -0.2) is 26.2 Å². The molecule has 118 valence electrons. The van der Waals surface area contributed by atoms with E-state index >= 15 is 0 Å². The van der Waals surface area contributed by atoms with Gasteiger partial charge in [0.2, 0.25) is 0 Å². The van der Waals surface area contributed by atoms with Crippen molar-refractivity contribution in [1.82, 2.24) is 5.32 Å². The van der Waals surface area contributed by atoms with Crippen LogP contribution in [0.4, 0.5) is 5.69 Å². The van der Waals surface area contributed by atoms with E-state index in [1.165, 1.54) is 21.1 Å². The summed E-state index contributed by atoms with van der Waals surface area (Å²) in [7, 11) is 0. The van der Waals surface area contributed by atoms with Gasteiger partial charge in [-0.1, -0.05) is 49.9 Å². The predicted octanol–water partition coefficient (Wildman–Crippen LogP) is 4.30. The molecular weight excluding hydrogens is 288 g/mol. The van der Waals surface area contributed by atoms with E-state index in [-0.39, 0.29) is 0 Å². The zero-order valence-corrected chi connectivity index (χ0v) is 14.6. The molecule has 2 nitrogen and oxygen atoms in total. The van der Waals surface area contributed by atoms with E-state index in [1.54, 1.807) is 0 Å². The van der Waals surface area contributed by atoms with Crippen LogP contribution in [0.2, 0.25) is 0 Å². The number of thioether (sulfide) groups is 1. The minimum absolute atomic E-state index is 0.623. The number of benzene rings is 1. The van der Waals surface area contributed by atoms with Crippen molar-refractivity contribution in [1.29, 1.82) is 0 Å². The molecule has 2 atom stereocenters. The van der Waals surface area contributed by atoms with Crippen molar-refractivity contribution in [3.8, 4) is 0 Å². The molecular formula is C19H26N2S. The Kier molecular flexibility index (Phi) is 4.94. The number of hydrogen-bond donors (Lipinski definition) is 1. The van der Waals surface area contributed by atoms with Gasteiger partial charge in [-0.25, -0.2) is 0 Å². The second-order valence-electron chi connectivity index (χ2n) is 6.41. The first-order valence-corrected chi connectivity index (χ1v) is 9.10. The molecule has 1 aliphatic carbocycles. The lowest BCUT2D eigenvalue weighted by molar-refractivity contribution is 0.547. The Bertz CT molecular complexity index is 585. The van der Waals surface area contributed by atoms with Crippen LogP contribution >= 0.6 is 11.8 Å². The third-order valence-corrected chi connectivity index (χ3v) is 5.93. The summed E-state index contributed by atoms with van der Waals surface area (Å²) in [5.41, 5.74) is 2.81. The molecule has 1 heterocycles. The van der Waals surface area contributed by atoms with Crippen LogP contribution in [0.1, 0.15) is 20.8 Å². The fraction of sp³-hybridized carbons (Fsp3) is 0.474. The lowest BCUT2D eigenvalue weighted by Gasteiger charge is -2.31. The maximum atomic E-state index is 3.43. The zero-order valence-electron chi connectivity index (χ0n) is 13.8.